The lowest BCUT2D eigenvalue weighted by Crippen LogP contribution is -2.12. The quantitative estimate of drug-likeness (QED) is 0.370. The molecule has 1 unspecified atom stereocenters. The third kappa shape index (κ3) is 8.44. The van der Waals surface area contributed by atoms with Crippen LogP contribution < -0.4 is 0 Å². The van der Waals surface area contributed by atoms with E-state index in [1.165, 1.54) is 0 Å². The molecule has 0 bridgehead atoms. The molecule has 0 aliphatic rings. The summed E-state index contributed by atoms with van der Waals surface area (Å²) in [5.74, 6) is -0.345. The van der Waals surface area contributed by atoms with Crippen molar-refractivity contribution >= 4 is 5.97 Å². The molecule has 0 rings (SSSR count). The molecule has 1 N–H and O–H groups in total. The number of aliphatic hydroxyl groups excluding tert-OH is 1. The van der Waals surface area contributed by atoms with Crippen LogP contribution in [0.25, 0.3) is 0 Å². The highest BCUT2D eigenvalue weighted by atomic mass is 16.5. The van der Waals surface area contributed by atoms with E-state index in [-0.39, 0.29) is 18.7 Å². The molecular formula is C12H21O4. The molecule has 4 heteroatoms. The molecule has 0 amide bonds. The first-order chi connectivity index (χ1) is 7.57. The monoisotopic (exact) mass is 229 g/mol. The van der Waals surface area contributed by atoms with Gasteiger partial charge in [-0.15, -0.1) is 0 Å². The van der Waals surface area contributed by atoms with Gasteiger partial charge in [0, 0.05) is 5.57 Å². The van der Waals surface area contributed by atoms with E-state index in [9.17, 15) is 4.79 Å². The van der Waals surface area contributed by atoms with Gasteiger partial charge in [0.15, 0.2) is 0 Å². The third-order valence-corrected chi connectivity index (χ3v) is 1.95. The minimum Gasteiger partial charge on any atom is -0.462 e. The summed E-state index contributed by atoms with van der Waals surface area (Å²) >= 11 is 0. The van der Waals surface area contributed by atoms with E-state index in [2.05, 4.69) is 13.5 Å². The molecule has 0 aromatic rings. The second-order valence-electron chi connectivity index (χ2n) is 3.63. The summed E-state index contributed by atoms with van der Waals surface area (Å²) in [5.41, 5.74) is 0.418. The van der Waals surface area contributed by atoms with Gasteiger partial charge in [-0.1, -0.05) is 6.58 Å². The van der Waals surface area contributed by atoms with Crippen LogP contribution in [0.4, 0.5) is 0 Å². The van der Waals surface area contributed by atoms with Crippen molar-refractivity contribution in [1.82, 2.24) is 0 Å². The Balaban J connectivity index is 3.33. The Morgan fingerprint density at radius 2 is 2.06 bits per heavy atom. The zero-order chi connectivity index (χ0) is 12.4. The molecule has 0 fully saturated rings. The fourth-order valence-electron chi connectivity index (χ4n) is 1.06. The van der Waals surface area contributed by atoms with Crippen LogP contribution in [0.3, 0.4) is 0 Å². The Morgan fingerprint density at radius 3 is 2.62 bits per heavy atom. The van der Waals surface area contributed by atoms with Gasteiger partial charge < -0.3 is 14.6 Å². The van der Waals surface area contributed by atoms with Crippen molar-refractivity contribution in [2.45, 2.75) is 32.3 Å². The minimum absolute atomic E-state index is 0.0161. The molecule has 1 radical (unpaired) electrons. The standard InChI is InChI=1S/C12H21O4/c1-10(2)12(14)16-8-5-4-6-11(3)15-9-7-13/h11,13H,1,3-9H2,2H3. The van der Waals surface area contributed by atoms with Crippen LogP contribution in [0.15, 0.2) is 12.2 Å². The number of aliphatic hydroxyl groups is 1. The van der Waals surface area contributed by atoms with Gasteiger partial charge in [0.25, 0.3) is 0 Å². The van der Waals surface area contributed by atoms with Crippen LogP contribution in [0, 0.1) is 6.92 Å². The first kappa shape index (κ1) is 15.1. The molecule has 1 atom stereocenters. The van der Waals surface area contributed by atoms with Gasteiger partial charge in [-0.25, -0.2) is 4.79 Å². The molecule has 0 spiro atoms. The van der Waals surface area contributed by atoms with Crippen molar-refractivity contribution in [3.63, 3.8) is 0 Å². The molecule has 0 aromatic heterocycles. The van der Waals surface area contributed by atoms with E-state index >= 15 is 0 Å². The fourth-order valence-corrected chi connectivity index (χ4v) is 1.06. The molecular weight excluding hydrogens is 208 g/mol. The molecule has 0 saturated carbocycles. The fraction of sp³-hybridized carbons (Fsp3) is 0.667. The number of esters is 1. The molecule has 0 aliphatic heterocycles. The number of unbranched alkanes of at least 4 members (excludes halogenated alkanes) is 1. The van der Waals surface area contributed by atoms with Gasteiger partial charge >= 0.3 is 5.97 Å². The summed E-state index contributed by atoms with van der Waals surface area (Å²) in [6.45, 7) is 9.63. The molecule has 16 heavy (non-hydrogen) atoms. The Morgan fingerprint density at radius 1 is 1.38 bits per heavy atom. The lowest BCUT2D eigenvalue weighted by atomic mass is 10.2. The summed E-state index contributed by atoms with van der Waals surface area (Å²) in [5, 5.41) is 8.52. The number of carbonyl (C=O) groups is 1. The Labute approximate surface area is 97.2 Å². The van der Waals surface area contributed by atoms with Crippen LogP contribution in [0.5, 0.6) is 0 Å². The molecule has 0 heterocycles. The normalized spacial score (nSPS) is 12.2. The minimum atomic E-state index is -0.345. The zero-order valence-corrected chi connectivity index (χ0v) is 9.91. The molecule has 0 saturated heterocycles. The summed E-state index contributed by atoms with van der Waals surface area (Å²) in [4.78, 5) is 11.0. The molecule has 0 aliphatic carbocycles. The number of ether oxygens (including phenoxy) is 2. The van der Waals surface area contributed by atoms with Gasteiger partial charge in [0.2, 0.25) is 0 Å². The number of rotatable bonds is 9. The third-order valence-electron chi connectivity index (χ3n) is 1.95. The maximum Gasteiger partial charge on any atom is 0.333 e. The average molecular weight is 229 g/mol. The van der Waals surface area contributed by atoms with Gasteiger partial charge in [-0.2, -0.15) is 0 Å². The van der Waals surface area contributed by atoms with E-state index in [0.29, 0.717) is 18.8 Å². The van der Waals surface area contributed by atoms with Crippen LogP contribution in [0.1, 0.15) is 26.2 Å². The maximum absolute atomic E-state index is 11.0. The van der Waals surface area contributed by atoms with E-state index < -0.39 is 0 Å². The summed E-state index contributed by atoms with van der Waals surface area (Å²) in [7, 11) is 0. The smallest absolute Gasteiger partial charge is 0.333 e. The molecule has 93 valence electrons. The van der Waals surface area contributed by atoms with Crippen molar-refractivity contribution in [2.24, 2.45) is 0 Å². The summed E-state index contributed by atoms with van der Waals surface area (Å²) in [6.07, 6.45) is 2.35. The number of hydrogen-bond acceptors (Lipinski definition) is 4. The second kappa shape index (κ2) is 9.36. The summed E-state index contributed by atoms with van der Waals surface area (Å²) in [6, 6.07) is 0. The van der Waals surface area contributed by atoms with Crippen molar-refractivity contribution in [1.29, 1.82) is 0 Å². The Kier molecular flexibility index (Phi) is 8.85. The lowest BCUT2D eigenvalue weighted by Gasteiger charge is -2.11. The molecule has 4 nitrogen and oxygen atoms in total. The SMILES string of the molecule is [CH2]C(CCCCOC(=O)C(=C)C)OCCO. The second-order valence-corrected chi connectivity index (χ2v) is 3.63. The van der Waals surface area contributed by atoms with Gasteiger partial charge in [-0.05, 0) is 33.1 Å². The van der Waals surface area contributed by atoms with E-state index in [0.717, 1.165) is 19.3 Å². The predicted octanol–water partition coefficient (Wildman–Crippen LogP) is 1.49. The van der Waals surface area contributed by atoms with Crippen LogP contribution >= 0.6 is 0 Å². The van der Waals surface area contributed by atoms with Crippen molar-refractivity contribution in [3.05, 3.63) is 19.1 Å². The Hall–Kier alpha value is -0.870. The number of carbonyl (C=O) groups excluding carboxylic acids is 1. The van der Waals surface area contributed by atoms with Gasteiger partial charge in [0.1, 0.15) is 0 Å². The Bertz CT molecular complexity index is 213. The topological polar surface area (TPSA) is 55.8 Å². The van der Waals surface area contributed by atoms with E-state index in [1.54, 1.807) is 6.92 Å². The van der Waals surface area contributed by atoms with Crippen LogP contribution in [0.2, 0.25) is 0 Å². The van der Waals surface area contributed by atoms with Gasteiger partial charge in [-0.3, -0.25) is 0 Å². The number of hydrogen-bond donors (Lipinski definition) is 1. The summed E-state index contributed by atoms with van der Waals surface area (Å²) < 4.78 is 10.1. The van der Waals surface area contributed by atoms with E-state index in [4.69, 9.17) is 14.6 Å². The largest absolute Gasteiger partial charge is 0.462 e. The van der Waals surface area contributed by atoms with E-state index in [1.807, 2.05) is 0 Å². The van der Waals surface area contributed by atoms with Gasteiger partial charge in [0.05, 0.1) is 25.9 Å². The highest BCUT2D eigenvalue weighted by Crippen LogP contribution is 2.04. The predicted molar refractivity (Wildman–Crippen MR) is 61.8 cm³/mol. The highest BCUT2D eigenvalue weighted by Gasteiger charge is 2.04. The van der Waals surface area contributed by atoms with Crippen molar-refractivity contribution < 1.29 is 19.4 Å². The highest BCUT2D eigenvalue weighted by molar-refractivity contribution is 5.86. The van der Waals surface area contributed by atoms with Crippen molar-refractivity contribution in [3.8, 4) is 0 Å². The molecule has 0 aromatic carbocycles. The first-order valence-corrected chi connectivity index (χ1v) is 5.46. The zero-order valence-electron chi connectivity index (χ0n) is 9.91. The van der Waals surface area contributed by atoms with Crippen LogP contribution in [-0.4, -0.2) is 37.0 Å². The van der Waals surface area contributed by atoms with Crippen molar-refractivity contribution in [2.75, 3.05) is 19.8 Å². The average Bonchev–Trinajstić information content (AvgIpc) is 2.25. The first-order valence-electron chi connectivity index (χ1n) is 5.46. The lowest BCUT2D eigenvalue weighted by molar-refractivity contribution is -0.139. The maximum atomic E-state index is 11.0. The van der Waals surface area contributed by atoms with Crippen LogP contribution in [-0.2, 0) is 14.3 Å².